The number of amides is 2. The summed E-state index contributed by atoms with van der Waals surface area (Å²) >= 11 is 0. The summed E-state index contributed by atoms with van der Waals surface area (Å²) < 4.78 is 11.1. The molecule has 0 saturated heterocycles. The number of carbonyl (C=O) groups excluding carboxylic acids is 2. The van der Waals surface area contributed by atoms with Gasteiger partial charge in [0.25, 0.3) is 5.91 Å². The minimum Gasteiger partial charge on any atom is -0.482 e. The second kappa shape index (κ2) is 6.57. The zero-order valence-corrected chi connectivity index (χ0v) is 13.6. The molecule has 1 unspecified atom stereocenters. The first-order valence-electron chi connectivity index (χ1n) is 8.25. The van der Waals surface area contributed by atoms with Gasteiger partial charge in [0.1, 0.15) is 5.75 Å². The van der Waals surface area contributed by atoms with Crippen LogP contribution in [-0.4, -0.2) is 25.0 Å². The van der Waals surface area contributed by atoms with Gasteiger partial charge in [-0.25, -0.2) is 0 Å². The molecular weight excluding hydrogens is 320 g/mol. The number of rotatable bonds is 3. The minimum atomic E-state index is -0.224. The lowest BCUT2D eigenvalue weighted by atomic mass is 9.95. The smallest absolute Gasteiger partial charge is 0.262 e. The molecule has 2 amide bonds. The molecule has 2 aliphatic heterocycles. The third-order valence-corrected chi connectivity index (χ3v) is 4.36. The van der Waals surface area contributed by atoms with Crippen LogP contribution in [0.3, 0.4) is 0 Å². The number of nitrogens with one attached hydrogen (secondary N) is 2. The second-order valence-corrected chi connectivity index (χ2v) is 6.11. The highest BCUT2D eigenvalue weighted by Gasteiger charge is 2.23. The van der Waals surface area contributed by atoms with Gasteiger partial charge in [-0.15, -0.1) is 0 Å². The Morgan fingerprint density at radius 3 is 3.04 bits per heavy atom. The molecule has 0 fully saturated rings. The second-order valence-electron chi connectivity index (χ2n) is 6.11. The first kappa shape index (κ1) is 15.7. The third-order valence-electron chi connectivity index (χ3n) is 4.36. The molecule has 0 aromatic heterocycles. The summed E-state index contributed by atoms with van der Waals surface area (Å²) in [6.07, 6.45) is 0.909. The highest BCUT2D eigenvalue weighted by Crippen LogP contribution is 2.32. The van der Waals surface area contributed by atoms with Crippen molar-refractivity contribution in [1.82, 2.24) is 0 Å². The zero-order chi connectivity index (χ0) is 17.2. The van der Waals surface area contributed by atoms with Gasteiger partial charge < -0.3 is 20.1 Å². The highest BCUT2D eigenvalue weighted by atomic mass is 16.5. The predicted molar refractivity (Wildman–Crippen MR) is 92.7 cm³/mol. The van der Waals surface area contributed by atoms with Gasteiger partial charge in [0.2, 0.25) is 5.91 Å². The van der Waals surface area contributed by atoms with Crippen LogP contribution < -0.4 is 15.4 Å². The standard InChI is InChI=1S/C19H18N2O4/c22-18(10-16-14-4-2-1-3-12(14)7-8-24-16)20-13-5-6-15-17(9-13)25-11-19(23)21-15/h1-6,9,16H,7-8,10-11H2,(H,20,22)(H,21,23). The maximum absolute atomic E-state index is 12.4. The molecule has 0 radical (unpaired) electrons. The fraction of sp³-hybridized carbons (Fsp3) is 0.263. The maximum atomic E-state index is 12.4. The lowest BCUT2D eigenvalue weighted by molar-refractivity contribution is -0.120. The molecule has 128 valence electrons. The van der Waals surface area contributed by atoms with Crippen LogP contribution in [0.4, 0.5) is 11.4 Å². The van der Waals surface area contributed by atoms with Crippen LogP contribution in [0.15, 0.2) is 42.5 Å². The number of ether oxygens (including phenoxy) is 2. The molecule has 0 bridgehead atoms. The molecule has 2 N–H and O–H groups in total. The van der Waals surface area contributed by atoms with Crippen LogP contribution in [0.5, 0.6) is 5.75 Å². The van der Waals surface area contributed by atoms with E-state index in [-0.39, 0.29) is 30.9 Å². The van der Waals surface area contributed by atoms with Crippen molar-refractivity contribution in [3.05, 3.63) is 53.6 Å². The Bertz CT molecular complexity index is 834. The first-order chi connectivity index (χ1) is 12.2. The van der Waals surface area contributed by atoms with E-state index < -0.39 is 0 Å². The Morgan fingerprint density at radius 2 is 2.12 bits per heavy atom. The molecule has 0 aliphatic carbocycles. The molecule has 6 heteroatoms. The average Bonchev–Trinajstić information content (AvgIpc) is 2.62. The summed E-state index contributed by atoms with van der Waals surface area (Å²) in [5.74, 6) is 0.246. The van der Waals surface area contributed by atoms with Crippen molar-refractivity contribution < 1.29 is 19.1 Å². The molecule has 2 aromatic rings. The fourth-order valence-electron chi connectivity index (χ4n) is 3.18. The van der Waals surface area contributed by atoms with E-state index in [4.69, 9.17) is 9.47 Å². The number of benzene rings is 2. The van der Waals surface area contributed by atoms with Crippen molar-refractivity contribution in [3.63, 3.8) is 0 Å². The van der Waals surface area contributed by atoms with Gasteiger partial charge in [-0.05, 0) is 29.7 Å². The molecule has 2 aromatic carbocycles. The molecule has 2 aliphatic rings. The summed E-state index contributed by atoms with van der Waals surface area (Å²) in [5, 5.41) is 5.59. The topological polar surface area (TPSA) is 76.7 Å². The van der Waals surface area contributed by atoms with Gasteiger partial charge in [0.15, 0.2) is 6.61 Å². The summed E-state index contributed by atoms with van der Waals surface area (Å²) in [5.41, 5.74) is 3.56. The normalized spacial score (nSPS) is 18.4. The molecular formula is C19H18N2O4. The summed E-state index contributed by atoms with van der Waals surface area (Å²) in [6.45, 7) is 0.610. The molecule has 0 saturated carbocycles. The molecule has 1 atom stereocenters. The minimum absolute atomic E-state index is 0.0168. The van der Waals surface area contributed by atoms with E-state index in [2.05, 4.69) is 16.7 Å². The van der Waals surface area contributed by atoms with Gasteiger partial charge >= 0.3 is 0 Å². The quantitative estimate of drug-likeness (QED) is 0.902. The Labute approximate surface area is 145 Å². The van der Waals surface area contributed by atoms with Gasteiger partial charge in [-0.3, -0.25) is 9.59 Å². The molecule has 25 heavy (non-hydrogen) atoms. The highest BCUT2D eigenvalue weighted by molar-refractivity contribution is 5.97. The number of carbonyl (C=O) groups is 2. The van der Waals surface area contributed by atoms with Gasteiger partial charge in [-0.1, -0.05) is 24.3 Å². The fourth-order valence-corrected chi connectivity index (χ4v) is 3.18. The lowest BCUT2D eigenvalue weighted by Gasteiger charge is -2.25. The van der Waals surface area contributed by atoms with Crippen LogP contribution in [0.2, 0.25) is 0 Å². The number of anilines is 2. The van der Waals surface area contributed by atoms with Crippen molar-refractivity contribution in [2.24, 2.45) is 0 Å². The van der Waals surface area contributed by atoms with E-state index in [1.165, 1.54) is 5.56 Å². The summed E-state index contributed by atoms with van der Waals surface area (Å²) in [4.78, 5) is 23.7. The maximum Gasteiger partial charge on any atom is 0.262 e. The Hall–Kier alpha value is -2.86. The Morgan fingerprint density at radius 1 is 1.24 bits per heavy atom. The van der Waals surface area contributed by atoms with Crippen molar-refractivity contribution in [2.45, 2.75) is 18.9 Å². The largest absolute Gasteiger partial charge is 0.482 e. The van der Waals surface area contributed by atoms with Crippen LogP contribution >= 0.6 is 0 Å². The van der Waals surface area contributed by atoms with Gasteiger partial charge in [0.05, 0.1) is 24.8 Å². The van der Waals surface area contributed by atoms with E-state index in [1.807, 2.05) is 18.2 Å². The SMILES string of the molecule is O=C(CC1OCCc2ccccc21)Nc1ccc2c(c1)OCC(=O)N2. The Balaban J connectivity index is 1.44. The van der Waals surface area contributed by atoms with E-state index in [0.29, 0.717) is 23.7 Å². The van der Waals surface area contributed by atoms with Gasteiger partial charge in [0, 0.05) is 11.8 Å². The van der Waals surface area contributed by atoms with E-state index in [9.17, 15) is 9.59 Å². The predicted octanol–water partition coefficient (Wildman–Crippen LogP) is 2.66. The number of fused-ring (bicyclic) bond motifs is 2. The monoisotopic (exact) mass is 338 g/mol. The summed E-state index contributed by atoms with van der Waals surface area (Å²) in [7, 11) is 0. The van der Waals surface area contributed by atoms with Crippen LogP contribution in [-0.2, 0) is 20.7 Å². The van der Waals surface area contributed by atoms with Gasteiger partial charge in [-0.2, -0.15) is 0 Å². The lowest BCUT2D eigenvalue weighted by Crippen LogP contribution is -2.25. The average molecular weight is 338 g/mol. The number of hydrogen-bond acceptors (Lipinski definition) is 4. The van der Waals surface area contributed by atoms with Crippen molar-refractivity contribution in [3.8, 4) is 5.75 Å². The van der Waals surface area contributed by atoms with E-state index in [1.54, 1.807) is 18.2 Å². The van der Waals surface area contributed by atoms with Crippen molar-refractivity contribution >= 4 is 23.2 Å². The molecule has 2 heterocycles. The molecule has 0 spiro atoms. The van der Waals surface area contributed by atoms with Crippen molar-refractivity contribution in [1.29, 1.82) is 0 Å². The summed E-state index contributed by atoms with van der Waals surface area (Å²) in [6, 6.07) is 13.2. The van der Waals surface area contributed by atoms with Crippen LogP contribution in [0, 0.1) is 0 Å². The van der Waals surface area contributed by atoms with E-state index >= 15 is 0 Å². The van der Waals surface area contributed by atoms with E-state index in [0.717, 1.165) is 12.0 Å². The van der Waals surface area contributed by atoms with Crippen LogP contribution in [0.25, 0.3) is 0 Å². The number of hydrogen-bond donors (Lipinski definition) is 2. The zero-order valence-electron chi connectivity index (χ0n) is 13.6. The molecule has 4 rings (SSSR count). The van der Waals surface area contributed by atoms with Crippen LogP contribution in [0.1, 0.15) is 23.7 Å². The first-order valence-corrected chi connectivity index (χ1v) is 8.25. The third kappa shape index (κ3) is 3.34. The molecule has 6 nitrogen and oxygen atoms in total. The van der Waals surface area contributed by atoms with Crippen molar-refractivity contribution in [2.75, 3.05) is 23.8 Å². The Kier molecular flexibility index (Phi) is 4.11.